The number of hydrogen-bond acceptors (Lipinski definition) is 5. The molecule has 29 heavy (non-hydrogen) atoms. The van der Waals surface area contributed by atoms with Crippen molar-refractivity contribution in [3.8, 4) is 10.6 Å². The van der Waals surface area contributed by atoms with Gasteiger partial charge in [0.05, 0.1) is 28.1 Å². The Bertz CT molecular complexity index is 1110. The first-order chi connectivity index (χ1) is 13.8. The molecule has 0 bridgehead atoms. The molecular formula is C21H23N3O3S2. The van der Waals surface area contributed by atoms with Crippen LogP contribution in [0.1, 0.15) is 48.3 Å². The standard InChI is InChI=1S/C21H23N3O3S2/c1-14(2)15-5-7-16(8-6-15)22-21(25)18-12-19(20-4-3-10-28-20)24(23-18)17-9-11-29(26,27)13-17/h3-8,10,12,14,17H,9,11,13H2,1-2H3,(H,22,25)/t17-/m0/s1. The molecule has 1 aromatic carbocycles. The Morgan fingerprint density at radius 3 is 2.59 bits per heavy atom. The molecule has 2 aromatic heterocycles. The Hall–Kier alpha value is -2.45. The number of carbonyl (C=O) groups excluding carboxylic acids is 1. The second-order valence-electron chi connectivity index (χ2n) is 7.62. The first-order valence-electron chi connectivity index (χ1n) is 9.57. The van der Waals surface area contributed by atoms with Gasteiger partial charge in [0.15, 0.2) is 15.5 Å². The number of anilines is 1. The first-order valence-corrected chi connectivity index (χ1v) is 12.3. The second-order valence-corrected chi connectivity index (χ2v) is 10.8. The number of nitrogens with zero attached hydrogens (tertiary/aromatic N) is 2. The fourth-order valence-electron chi connectivity index (χ4n) is 3.51. The van der Waals surface area contributed by atoms with Crippen LogP contribution in [0.2, 0.25) is 0 Å². The van der Waals surface area contributed by atoms with Crippen molar-refractivity contribution in [2.24, 2.45) is 0 Å². The van der Waals surface area contributed by atoms with Crippen molar-refractivity contribution in [2.45, 2.75) is 32.2 Å². The van der Waals surface area contributed by atoms with E-state index in [0.29, 0.717) is 18.0 Å². The molecule has 0 spiro atoms. The molecule has 8 heteroatoms. The van der Waals surface area contributed by atoms with Crippen LogP contribution in [-0.4, -0.2) is 35.6 Å². The minimum absolute atomic E-state index is 0.0603. The van der Waals surface area contributed by atoms with Gasteiger partial charge < -0.3 is 5.32 Å². The van der Waals surface area contributed by atoms with Crippen LogP contribution in [0.5, 0.6) is 0 Å². The van der Waals surface area contributed by atoms with Crippen molar-refractivity contribution >= 4 is 32.8 Å². The molecule has 0 unspecified atom stereocenters. The topological polar surface area (TPSA) is 81.1 Å². The van der Waals surface area contributed by atoms with Gasteiger partial charge in [-0.15, -0.1) is 11.3 Å². The molecule has 152 valence electrons. The van der Waals surface area contributed by atoms with Gasteiger partial charge in [0.2, 0.25) is 0 Å². The molecular weight excluding hydrogens is 406 g/mol. The Morgan fingerprint density at radius 2 is 2.00 bits per heavy atom. The summed E-state index contributed by atoms with van der Waals surface area (Å²) in [5.41, 5.74) is 2.97. The minimum Gasteiger partial charge on any atom is -0.321 e. The number of rotatable bonds is 5. The van der Waals surface area contributed by atoms with Gasteiger partial charge in [-0.1, -0.05) is 32.0 Å². The lowest BCUT2D eigenvalue weighted by Gasteiger charge is -2.12. The molecule has 1 aliphatic heterocycles. The van der Waals surface area contributed by atoms with E-state index in [4.69, 9.17) is 0 Å². The van der Waals surface area contributed by atoms with Gasteiger partial charge >= 0.3 is 0 Å². The van der Waals surface area contributed by atoms with Gasteiger partial charge in [0, 0.05) is 5.69 Å². The van der Waals surface area contributed by atoms with Gasteiger partial charge in [0.25, 0.3) is 5.91 Å². The van der Waals surface area contributed by atoms with Crippen LogP contribution in [0.25, 0.3) is 10.6 Å². The quantitative estimate of drug-likeness (QED) is 0.654. The fourth-order valence-corrected chi connectivity index (χ4v) is 5.93. The number of carbonyl (C=O) groups is 1. The van der Waals surface area contributed by atoms with Crippen molar-refractivity contribution in [1.82, 2.24) is 9.78 Å². The molecule has 1 N–H and O–H groups in total. The molecule has 6 nitrogen and oxygen atoms in total. The number of nitrogens with one attached hydrogen (secondary N) is 1. The monoisotopic (exact) mass is 429 g/mol. The Morgan fingerprint density at radius 1 is 1.24 bits per heavy atom. The van der Waals surface area contributed by atoms with Crippen molar-refractivity contribution in [1.29, 1.82) is 0 Å². The van der Waals surface area contributed by atoms with E-state index < -0.39 is 9.84 Å². The summed E-state index contributed by atoms with van der Waals surface area (Å²) in [4.78, 5) is 13.8. The predicted octanol–water partition coefficient (Wildman–Crippen LogP) is 4.35. The zero-order valence-electron chi connectivity index (χ0n) is 16.3. The summed E-state index contributed by atoms with van der Waals surface area (Å²) in [7, 11) is -3.06. The zero-order valence-corrected chi connectivity index (χ0v) is 18.0. The maximum Gasteiger partial charge on any atom is 0.276 e. The number of hydrogen-bond donors (Lipinski definition) is 1. The van der Waals surface area contributed by atoms with Crippen LogP contribution in [0.3, 0.4) is 0 Å². The summed E-state index contributed by atoms with van der Waals surface area (Å²) in [5.74, 6) is 0.335. The van der Waals surface area contributed by atoms with Crippen LogP contribution in [0, 0.1) is 0 Å². The van der Waals surface area contributed by atoms with Crippen molar-refractivity contribution in [3.63, 3.8) is 0 Å². The third-order valence-corrected chi connectivity index (χ3v) is 7.77. The molecule has 1 amide bonds. The van der Waals surface area contributed by atoms with E-state index in [9.17, 15) is 13.2 Å². The van der Waals surface area contributed by atoms with Crippen LogP contribution < -0.4 is 5.32 Å². The predicted molar refractivity (Wildman–Crippen MR) is 116 cm³/mol. The SMILES string of the molecule is CC(C)c1ccc(NC(=O)c2cc(-c3cccs3)n([C@H]3CCS(=O)(=O)C3)n2)cc1. The average molecular weight is 430 g/mol. The average Bonchev–Trinajstić information content (AvgIpc) is 3.40. The highest BCUT2D eigenvalue weighted by Crippen LogP contribution is 2.32. The highest BCUT2D eigenvalue weighted by Gasteiger charge is 2.32. The number of amides is 1. The van der Waals surface area contributed by atoms with Crippen LogP contribution in [0.15, 0.2) is 47.8 Å². The van der Waals surface area contributed by atoms with Crippen molar-refractivity contribution in [3.05, 3.63) is 59.1 Å². The van der Waals surface area contributed by atoms with E-state index in [1.54, 1.807) is 22.1 Å². The van der Waals surface area contributed by atoms with E-state index >= 15 is 0 Å². The molecule has 1 atom stereocenters. The normalized spacial score (nSPS) is 18.2. The van der Waals surface area contributed by atoms with Gasteiger partial charge in [-0.05, 0) is 47.5 Å². The Kier molecular flexibility index (Phi) is 5.31. The third kappa shape index (κ3) is 4.28. The summed E-state index contributed by atoms with van der Waals surface area (Å²) >= 11 is 1.54. The lowest BCUT2D eigenvalue weighted by molar-refractivity contribution is 0.102. The van der Waals surface area contributed by atoms with Gasteiger partial charge in [-0.3, -0.25) is 9.48 Å². The number of thiophene rings is 1. The zero-order chi connectivity index (χ0) is 20.6. The van der Waals surface area contributed by atoms with E-state index in [-0.39, 0.29) is 29.1 Å². The largest absolute Gasteiger partial charge is 0.321 e. The maximum atomic E-state index is 12.8. The van der Waals surface area contributed by atoms with E-state index in [1.807, 2.05) is 41.8 Å². The first kappa shape index (κ1) is 19.8. The maximum absolute atomic E-state index is 12.8. The smallest absolute Gasteiger partial charge is 0.276 e. The van der Waals surface area contributed by atoms with Crippen LogP contribution >= 0.6 is 11.3 Å². The summed E-state index contributed by atoms with van der Waals surface area (Å²) in [6, 6.07) is 13.1. The number of aromatic nitrogens is 2. The number of sulfone groups is 1. The molecule has 0 radical (unpaired) electrons. The summed E-state index contributed by atoms with van der Waals surface area (Å²) in [6.45, 7) is 4.24. The van der Waals surface area contributed by atoms with E-state index in [2.05, 4.69) is 24.3 Å². The van der Waals surface area contributed by atoms with Crippen LogP contribution in [0.4, 0.5) is 5.69 Å². The minimum atomic E-state index is -3.06. The second kappa shape index (κ2) is 7.76. The molecule has 0 saturated carbocycles. The molecule has 3 heterocycles. The van der Waals surface area contributed by atoms with Gasteiger partial charge in [0.1, 0.15) is 0 Å². The lowest BCUT2D eigenvalue weighted by atomic mass is 10.0. The summed E-state index contributed by atoms with van der Waals surface area (Å²) in [5, 5.41) is 9.34. The fraction of sp³-hybridized carbons (Fsp3) is 0.333. The van der Waals surface area contributed by atoms with Gasteiger partial charge in [-0.25, -0.2) is 8.42 Å². The molecule has 1 saturated heterocycles. The van der Waals surface area contributed by atoms with Crippen molar-refractivity contribution < 1.29 is 13.2 Å². The highest BCUT2D eigenvalue weighted by molar-refractivity contribution is 7.91. The molecule has 0 aliphatic carbocycles. The molecule has 3 aromatic rings. The third-order valence-electron chi connectivity index (χ3n) is 5.13. The van der Waals surface area contributed by atoms with Crippen LogP contribution in [-0.2, 0) is 9.84 Å². The Balaban J connectivity index is 1.62. The summed E-state index contributed by atoms with van der Waals surface area (Å²) < 4.78 is 25.6. The van der Waals surface area contributed by atoms with Crippen molar-refractivity contribution in [2.75, 3.05) is 16.8 Å². The lowest BCUT2D eigenvalue weighted by Crippen LogP contribution is -2.16. The highest BCUT2D eigenvalue weighted by atomic mass is 32.2. The molecule has 1 fully saturated rings. The van der Waals surface area contributed by atoms with E-state index in [1.165, 1.54) is 5.56 Å². The van der Waals surface area contributed by atoms with E-state index in [0.717, 1.165) is 10.6 Å². The Labute approximate surface area is 174 Å². The van der Waals surface area contributed by atoms with Gasteiger partial charge in [-0.2, -0.15) is 5.10 Å². The number of benzene rings is 1. The molecule has 4 rings (SSSR count). The molecule has 1 aliphatic rings. The summed E-state index contributed by atoms with van der Waals surface area (Å²) in [6.07, 6.45) is 0.514.